The molecular formula is C15H13N3O2. The summed E-state index contributed by atoms with van der Waals surface area (Å²) in [5, 5.41) is 19.0. The molecule has 0 atom stereocenters. The lowest BCUT2D eigenvalue weighted by Gasteiger charge is -2.04. The molecule has 1 aromatic heterocycles. The van der Waals surface area contributed by atoms with Crippen LogP contribution in [0.25, 0.3) is 0 Å². The molecule has 2 aromatic rings. The van der Waals surface area contributed by atoms with Crippen molar-refractivity contribution in [1.82, 2.24) is 15.5 Å². The minimum absolute atomic E-state index is 0.205. The third-order valence-electron chi connectivity index (χ3n) is 2.49. The summed E-state index contributed by atoms with van der Waals surface area (Å²) in [6.45, 7) is 0.113. The second kappa shape index (κ2) is 7.02. The van der Waals surface area contributed by atoms with E-state index < -0.39 is 0 Å². The van der Waals surface area contributed by atoms with Crippen LogP contribution in [0.1, 0.15) is 21.6 Å². The molecule has 0 unspecified atom stereocenters. The number of carbonyl (C=O) groups is 1. The first-order chi connectivity index (χ1) is 9.79. The van der Waals surface area contributed by atoms with Crippen molar-refractivity contribution >= 4 is 5.91 Å². The Balaban J connectivity index is 2.02. The number of nitrogens with one attached hydrogen (secondary N) is 1. The molecule has 2 rings (SSSR count). The molecule has 1 heterocycles. The van der Waals surface area contributed by atoms with Crippen molar-refractivity contribution in [2.45, 2.75) is 6.54 Å². The van der Waals surface area contributed by atoms with Crippen LogP contribution in [0.2, 0.25) is 0 Å². The Morgan fingerprint density at radius 2 is 2.20 bits per heavy atom. The maximum Gasteiger partial charge on any atom is 0.251 e. The van der Waals surface area contributed by atoms with E-state index in [2.05, 4.69) is 27.4 Å². The van der Waals surface area contributed by atoms with E-state index in [0.717, 1.165) is 0 Å². The summed E-state index contributed by atoms with van der Waals surface area (Å²) in [6, 6.07) is 10.5. The van der Waals surface area contributed by atoms with Crippen molar-refractivity contribution in [2.75, 3.05) is 6.61 Å². The summed E-state index contributed by atoms with van der Waals surface area (Å²) < 4.78 is 0. The second-order valence-electron chi connectivity index (χ2n) is 3.94. The zero-order valence-electron chi connectivity index (χ0n) is 10.7. The monoisotopic (exact) mass is 267 g/mol. The molecule has 100 valence electrons. The number of aliphatic hydroxyl groups is 1. The van der Waals surface area contributed by atoms with Crippen LogP contribution in [-0.4, -0.2) is 27.8 Å². The molecule has 0 bridgehead atoms. The lowest BCUT2D eigenvalue weighted by Crippen LogP contribution is -2.23. The van der Waals surface area contributed by atoms with Gasteiger partial charge in [-0.2, -0.15) is 10.2 Å². The van der Waals surface area contributed by atoms with Gasteiger partial charge in [-0.1, -0.05) is 17.9 Å². The molecule has 5 nitrogen and oxygen atoms in total. The van der Waals surface area contributed by atoms with Crippen LogP contribution < -0.4 is 5.32 Å². The van der Waals surface area contributed by atoms with E-state index in [-0.39, 0.29) is 12.5 Å². The van der Waals surface area contributed by atoms with E-state index in [1.807, 2.05) is 0 Å². The van der Waals surface area contributed by atoms with E-state index in [4.69, 9.17) is 5.11 Å². The maximum atomic E-state index is 12.0. The number of carbonyl (C=O) groups excluding carboxylic acids is 1. The number of aliphatic hydroxyl groups excluding tert-OH is 1. The predicted molar refractivity (Wildman–Crippen MR) is 73.6 cm³/mol. The Morgan fingerprint density at radius 3 is 2.95 bits per heavy atom. The molecule has 0 saturated carbocycles. The molecule has 0 aliphatic rings. The standard InChI is InChI=1S/C15H13N3O2/c19-9-3-5-12-4-1-6-13(10-12)15(20)16-11-14-7-2-8-17-18-14/h1-2,4,6-8,10,19H,9,11H2,(H,16,20). The van der Waals surface area contributed by atoms with Crippen molar-refractivity contribution in [3.8, 4) is 11.8 Å². The van der Waals surface area contributed by atoms with E-state index in [1.54, 1.807) is 42.6 Å². The smallest absolute Gasteiger partial charge is 0.251 e. The molecule has 0 spiro atoms. The van der Waals surface area contributed by atoms with Crippen LogP contribution in [0, 0.1) is 11.8 Å². The number of aromatic nitrogens is 2. The molecule has 2 N–H and O–H groups in total. The number of rotatable bonds is 3. The molecule has 20 heavy (non-hydrogen) atoms. The van der Waals surface area contributed by atoms with Crippen molar-refractivity contribution < 1.29 is 9.90 Å². The van der Waals surface area contributed by atoms with Crippen LogP contribution in [0.4, 0.5) is 0 Å². The Morgan fingerprint density at radius 1 is 1.30 bits per heavy atom. The topological polar surface area (TPSA) is 75.1 Å². The van der Waals surface area contributed by atoms with Gasteiger partial charge in [0.2, 0.25) is 0 Å². The van der Waals surface area contributed by atoms with Gasteiger partial charge in [0.05, 0.1) is 12.2 Å². The van der Waals surface area contributed by atoms with Crippen LogP contribution in [0.15, 0.2) is 42.6 Å². The van der Waals surface area contributed by atoms with E-state index in [9.17, 15) is 4.79 Å². The van der Waals surface area contributed by atoms with Gasteiger partial charge < -0.3 is 10.4 Å². The first-order valence-electron chi connectivity index (χ1n) is 6.04. The van der Waals surface area contributed by atoms with Gasteiger partial charge in [-0.15, -0.1) is 0 Å². The zero-order valence-corrected chi connectivity index (χ0v) is 10.7. The van der Waals surface area contributed by atoms with E-state index >= 15 is 0 Å². The summed E-state index contributed by atoms with van der Waals surface area (Å²) >= 11 is 0. The number of nitrogens with zero attached hydrogens (tertiary/aromatic N) is 2. The van der Waals surface area contributed by atoms with Gasteiger partial charge >= 0.3 is 0 Å². The number of hydrogen-bond donors (Lipinski definition) is 2. The molecule has 1 aromatic carbocycles. The van der Waals surface area contributed by atoms with Crippen molar-refractivity contribution in [3.63, 3.8) is 0 Å². The first kappa shape index (κ1) is 13.7. The molecule has 0 aliphatic heterocycles. The second-order valence-corrected chi connectivity index (χ2v) is 3.94. The van der Waals surface area contributed by atoms with Crippen LogP contribution in [-0.2, 0) is 6.54 Å². The molecule has 5 heteroatoms. The Labute approximate surface area is 116 Å². The number of hydrogen-bond acceptors (Lipinski definition) is 4. The molecule has 0 saturated heterocycles. The predicted octanol–water partition coefficient (Wildman–Crippen LogP) is 0.750. The lowest BCUT2D eigenvalue weighted by atomic mass is 10.1. The van der Waals surface area contributed by atoms with Gasteiger partial charge in [-0.05, 0) is 30.3 Å². The summed E-state index contributed by atoms with van der Waals surface area (Å²) in [7, 11) is 0. The average Bonchev–Trinajstić information content (AvgIpc) is 2.52. The first-order valence-corrected chi connectivity index (χ1v) is 6.04. The fraction of sp³-hybridized carbons (Fsp3) is 0.133. The van der Waals surface area contributed by atoms with Crippen LogP contribution in [0.3, 0.4) is 0 Å². The van der Waals surface area contributed by atoms with Crippen LogP contribution in [0.5, 0.6) is 0 Å². The summed E-state index contributed by atoms with van der Waals surface area (Å²) in [4.78, 5) is 12.0. The van der Waals surface area contributed by atoms with Crippen LogP contribution >= 0.6 is 0 Å². The van der Waals surface area contributed by atoms with Gasteiger partial charge in [-0.25, -0.2) is 0 Å². The maximum absolute atomic E-state index is 12.0. The zero-order chi connectivity index (χ0) is 14.2. The summed E-state index contributed by atoms with van der Waals surface area (Å²) in [6.07, 6.45) is 1.58. The quantitative estimate of drug-likeness (QED) is 0.805. The molecule has 1 amide bonds. The third kappa shape index (κ3) is 3.90. The van der Waals surface area contributed by atoms with Gasteiger partial charge in [0.15, 0.2) is 0 Å². The van der Waals surface area contributed by atoms with Gasteiger partial charge in [-0.3, -0.25) is 4.79 Å². The summed E-state index contributed by atoms with van der Waals surface area (Å²) in [5.41, 5.74) is 1.89. The van der Waals surface area contributed by atoms with Crippen molar-refractivity contribution in [2.24, 2.45) is 0 Å². The highest BCUT2D eigenvalue weighted by Gasteiger charge is 2.05. The van der Waals surface area contributed by atoms with E-state index in [1.165, 1.54) is 0 Å². The van der Waals surface area contributed by atoms with Gasteiger partial charge in [0.25, 0.3) is 5.91 Å². The number of benzene rings is 1. The molecular weight excluding hydrogens is 254 g/mol. The highest BCUT2D eigenvalue weighted by Crippen LogP contribution is 2.04. The Bertz CT molecular complexity index is 645. The van der Waals surface area contributed by atoms with Gasteiger partial charge in [0, 0.05) is 17.3 Å². The normalized spacial score (nSPS) is 9.45. The highest BCUT2D eigenvalue weighted by molar-refractivity contribution is 5.94. The molecule has 0 fully saturated rings. The fourth-order valence-corrected chi connectivity index (χ4v) is 1.58. The largest absolute Gasteiger partial charge is 0.384 e. The lowest BCUT2D eigenvalue weighted by molar-refractivity contribution is 0.0950. The minimum Gasteiger partial charge on any atom is -0.384 e. The average molecular weight is 267 g/mol. The fourth-order valence-electron chi connectivity index (χ4n) is 1.58. The van der Waals surface area contributed by atoms with Crippen molar-refractivity contribution in [1.29, 1.82) is 0 Å². The molecule has 0 radical (unpaired) electrons. The third-order valence-corrected chi connectivity index (χ3v) is 2.49. The Hall–Kier alpha value is -2.71. The minimum atomic E-state index is -0.205. The highest BCUT2D eigenvalue weighted by atomic mass is 16.2. The summed E-state index contributed by atoms with van der Waals surface area (Å²) in [5.74, 6) is 5.10. The SMILES string of the molecule is O=C(NCc1cccnn1)c1cccc(C#CCO)c1. The molecule has 0 aliphatic carbocycles. The van der Waals surface area contributed by atoms with Crippen molar-refractivity contribution in [3.05, 3.63) is 59.4 Å². The van der Waals surface area contributed by atoms with E-state index in [0.29, 0.717) is 23.4 Å². The Kier molecular flexibility index (Phi) is 4.81. The van der Waals surface area contributed by atoms with Gasteiger partial charge in [0.1, 0.15) is 6.61 Å². The number of amides is 1.